The summed E-state index contributed by atoms with van der Waals surface area (Å²) in [6.07, 6.45) is 4.58. The second kappa shape index (κ2) is 7.22. The Bertz CT molecular complexity index is 289. The largest absolute Gasteiger partial charge is 0.353 e. The van der Waals surface area contributed by atoms with Gasteiger partial charge in [0.15, 0.2) is 0 Å². The van der Waals surface area contributed by atoms with Crippen LogP contribution in [0.25, 0.3) is 0 Å². The number of nitrogens with zero attached hydrogens (tertiary/aromatic N) is 2. The van der Waals surface area contributed by atoms with Gasteiger partial charge < -0.3 is 15.5 Å². The van der Waals surface area contributed by atoms with E-state index in [2.05, 4.69) is 34.5 Å². The molecule has 2 rings (SSSR count). The average Bonchev–Trinajstić information content (AvgIpc) is 2.68. The summed E-state index contributed by atoms with van der Waals surface area (Å²) in [5.74, 6) is 0.184. The molecule has 2 N–H and O–H groups in total. The number of carbonyl (C=O) groups excluding carboxylic acids is 1. The first kappa shape index (κ1) is 14.8. The molecule has 1 amide bonds. The normalized spacial score (nSPS) is 30.8. The molecule has 110 valence electrons. The molecule has 0 aromatic heterocycles. The monoisotopic (exact) mass is 268 g/mol. The Morgan fingerprint density at radius 2 is 2.11 bits per heavy atom. The van der Waals surface area contributed by atoms with Crippen LogP contribution in [0.15, 0.2) is 0 Å². The molecule has 0 bridgehead atoms. The van der Waals surface area contributed by atoms with E-state index in [0.717, 1.165) is 45.6 Å². The molecule has 19 heavy (non-hydrogen) atoms. The molecule has 2 aliphatic heterocycles. The Balaban J connectivity index is 1.75. The van der Waals surface area contributed by atoms with Crippen LogP contribution in [0.3, 0.4) is 0 Å². The molecule has 0 saturated carbocycles. The number of hydrogen-bond donors (Lipinski definition) is 2. The number of hydrogen-bond acceptors (Lipinski definition) is 4. The van der Waals surface area contributed by atoms with Crippen molar-refractivity contribution in [3.8, 4) is 0 Å². The molecular formula is C14H28N4O. The molecule has 2 aliphatic rings. The summed E-state index contributed by atoms with van der Waals surface area (Å²) >= 11 is 0. The van der Waals surface area contributed by atoms with Gasteiger partial charge in [0.2, 0.25) is 5.91 Å². The van der Waals surface area contributed by atoms with Crippen LogP contribution in [0.2, 0.25) is 0 Å². The van der Waals surface area contributed by atoms with E-state index in [0.29, 0.717) is 6.04 Å². The van der Waals surface area contributed by atoms with Crippen LogP contribution < -0.4 is 10.6 Å². The van der Waals surface area contributed by atoms with Crippen LogP contribution in [0, 0.1) is 0 Å². The van der Waals surface area contributed by atoms with E-state index < -0.39 is 0 Å². The minimum atomic E-state index is 0.0223. The maximum Gasteiger partial charge on any atom is 0.237 e. The molecule has 2 unspecified atom stereocenters. The van der Waals surface area contributed by atoms with Gasteiger partial charge in [-0.3, -0.25) is 9.69 Å². The fourth-order valence-electron chi connectivity index (χ4n) is 2.92. The van der Waals surface area contributed by atoms with Gasteiger partial charge in [0.05, 0.1) is 6.04 Å². The van der Waals surface area contributed by atoms with Crippen LogP contribution in [-0.4, -0.2) is 74.6 Å². The van der Waals surface area contributed by atoms with Gasteiger partial charge in [0.1, 0.15) is 0 Å². The first-order valence-electron chi connectivity index (χ1n) is 7.56. The molecule has 0 aliphatic carbocycles. The fourth-order valence-corrected chi connectivity index (χ4v) is 2.92. The second-order valence-electron chi connectivity index (χ2n) is 6.00. The molecule has 5 nitrogen and oxygen atoms in total. The van der Waals surface area contributed by atoms with E-state index in [4.69, 9.17) is 0 Å². The van der Waals surface area contributed by atoms with Crippen molar-refractivity contribution in [2.45, 2.75) is 37.8 Å². The van der Waals surface area contributed by atoms with E-state index in [1.165, 1.54) is 12.8 Å². The highest BCUT2D eigenvalue weighted by Gasteiger charge is 2.24. The third-order valence-corrected chi connectivity index (χ3v) is 4.37. The molecule has 2 atom stereocenters. The first-order valence-corrected chi connectivity index (χ1v) is 7.56. The van der Waals surface area contributed by atoms with Gasteiger partial charge in [0.25, 0.3) is 0 Å². The van der Waals surface area contributed by atoms with E-state index in [9.17, 15) is 4.79 Å². The SMILES string of the molecule is CN1CCN(C)C(CNC(=O)C2CCCCCN2)C1. The van der Waals surface area contributed by atoms with Gasteiger partial charge in [-0.05, 0) is 33.5 Å². The van der Waals surface area contributed by atoms with Gasteiger partial charge in [0, 0.05) is 32.2 Å². The summed E-state index contributed by atoms with van der Waals surface area (Å²) in [6.45, 7) is 4.97. The zero-order chi connectivity index (χ0) is 13.7. The van der Waals surface area contributed by atoms with Gasteiger partial charge >= 0.3 is 0 Å². The lowest BCUT2D eigenvalue weighted by Gasteiger charge is -2.37. The summed E-state index contributed by atoms with van der Waals surface area (Å²) < 4.78 is 0. The Hall–Kier alpha value is -0.650. The molecule has 2 heterocycles. The molecule has 2 saturated heterocycles. The van der Waals surface area contributed by atoms with Crippen LogP contribution in [-0.2, 0) is 4.79 Å². The van der Waals surface area contributed by atoms with Crippen molar-refractivity contribution < 1.29 is 4.79 Å². The fraction of sp³-hybridized carbons (Fsp3) is 0.929. The molecule has 5 heteroatoms. The number of carbonyl (C=O) groups is 1. The van der Waals surface area contributed by atoms with E-state index >= 15 is 0 Å². The lowest BCUT2D eigenvalue weighted by molar-refractivity contribution is -0.123. The second-order valence-corrected chi connectivity index (χ2v) is 6.00. The van der Waals surface area contributed by atoms with E-state index in [-0.39, 0.29) is 11.9 Å². The first-order chi connectivity index (χ1) is 9.16. The predicted molar refractivity (Wildman–Crippen MR) is 77.2 cm³/mol. The van der Waals surface area contributed by atoms with Crippen molar-refractivity contribution >= 4 is 5.91 Å². The Morgan fingerprint density at radius 1 is 1.26 bits per heavy atom. The lowest BCUT2D eigenvalue weighted by atomic mass is 10.1. The average molecular weight is 268 g/mol. The standard InChI is InChI=1S/C14H28N4O/c1-17-8-9-18(2)12(11-17)10-16-14(19)13-6-4-3-5-7-15-13/h12-13,15H,3-11H2,1-2H3,(H,16,19). The predicted octanol–water partition coefficient (Wildman–Crippen LogP) is -0.119. The van der Waals surface area contributed by atoms with Gasteiger partial charge in [-0.25, -0.2) is 0 Å². The lowest BCUT2D eigenvalue weighted by Crippen LogP contribution is -2.55. The Kier molecular flexibility index (Phi) is 5.60. The van der Waals surface area contributed by atoms with Crippen LogP contribution in [0.5, 0.6) is 0 Å². The van der Waals surface area contributed by atoms with Crippen molar-refractivity contribution in [2.75, 3.05) is 46.8 Å². The number of rotatable bonds is 3. The third-order valence-electron chi connectivity index (χ3n) is 4.37. The molecule has 0 spiro atoms. The van der Waals surface area contributed by atoms with E-state index in [1.54, 1.807) is 0 Å². The van der Waals surface area contributed by atoms with Crippen LogP contribution in [0.1, 0.15) is 25.7 Å². The molecular weight excluding hydrogens is 240 g/mol. The molecule has 0 aromatic rings. The zero-order valence-corrected chi connectivity index (χ0v) is 12.3. The van der Waals surface area contributed by atoms with Crippen LogP contribution >= 0.6 is 0 Å². The number of amides is 1. The van der Waals surface area contributed by atoms with Crippen molar-refractivity contribution in [2.24, 2.45) is 0 Å². The maximum atomic E-state index is 12.2. The highest BCUT2D eigenvalue weighted by Crippen LogP contribution is 2.09. The summed E-state index contributed by atoms with van der Waals surface area (Å²) in [4.78, 5) is 16.9. The summed E-state index contributed by atoms with van der Waals surface area (Å²) in [5, 5.41) is 6.48. The van der Waals surface area contributed by atoms with Crippen molar-refractivity contribution in [3.63, 3.8) is 0 Å². The van der Waals surface area contributed by atoms with Crippen molar-refractivity contribution in [1.82, 2.24) is 20.4 Å². The highest BCUT2D eigenvalue weighted by molar-refractivity contribution is 5.81. The number of likely N-dealkylation sites (N-methyl/N-ethyl adjacent to an activating group) is 2. The molecule has 0 aromatic carbocycles. The summed E-state index contributed by atoms with van der Waals surface area (Å²) in [7, 11) is 4.29. The molecule has 0 radical (unpaired) electrons. The number of nitrogens with one attached hydrogen (secondary N) is 2. The maximum absolute atomic E-state index is 12.2. The topological polar surface area (TPSA) is 47.6 Å². The van der Waals surface area contributed by atoms with Gasteiger partial charge in [-0.15, -0.1) is 0 Å². The quantitative estimate of drug-likeness (QED) is 0.749. The minimum Gasteiger partial charge on any atom is -0.353 e. The number of piperazine rings is 1. The minimum absolute atomic E-state index is 0.0223. The van der Waals surface area contributed by atoms with Crippen molar-refractivity contribution in [3.05, 3.63) is 0 Å². The molecule has 2 fully saturated rings. The zero-order valence-electron chi connectivity index (χ0n) is 12.3. The van der Waals surface area contributed by atoms with Gasteiger partial charge in [-0.1, -0.05) is 12.8 Å². The highest BCUT2D eigenvalue weighted by atomic mass is 16.2. The third kappa shape index (κ3) is 4.44. The van der Waals surface area contributed by atoms with Crippen molar-refractivity contribution in [1.29, 1.82) is 0 Å². The van der Waals surface area contributed by atoms with Crippen LogP contribution in [0.4, 0.5) is 0 Å². The smallest absolute Gasteiger partial charge is 0.237 e. The summed E-state index contributed by atoms with van der Waals surface area (Å²) in [6, 6.07) is 0.461. The van der Waals surface area contributed by atoms with E-state index in [1.807, 2.05) is 0 Å². The van der Waals surface area contributed by atoms with Gasteiger partial charge in [-0.2, -0.15) is 0 Å². The Morgan fingerprint density at radius 3 is 2.95 bits per heavy atom. The Labute approximate surface area is 116 Å². The summed E-state index contributed by atoms with van der Waals surface area (Å²) in [5.41, 5.74) is 0.